The average molecular weight is 308 g/mol. The molecule has 1 spiro atoms. The first kappa shape index (κ1) is 16.1. The van der Waals surface area contributed by atoms with E-state index in [1.165, 1.54) is 44.9 Å². The minimum Gasteiger partial charge on any atom is -0.393 e. The fourth-order valence-corrected chi connectivity index (χ4v) is 4.74. The van der Waals surface area contributed by atoms with Gasteiger partial charge in [-0.25, -0.2) is 4.79 Å². The molecule has 3 aliphatic rings. The van der Waals surface area contributed by atoms with Gasteiger partial charge in [-0.15, -0.1) is 0 Å². The molecule has 0 aromatic rings. The van der Waals surface area contributed by atoms with Crippen molar-refractivity contribution in [2.24, 2.45) is 11.3 Å². The molecule has 126 valence electrons. The lowest BCUT2D eigenvalue weighted by molar-refractivity contribution is 0.0396. The van der Waals surface area contributed by atoms with Crippen LogP contribution in [0.2, 0.25) is 0 Å². The second-order valence-electron chi connectivity index (χ2n) is 8.02. The summed E-state index contributed by atoms with van der Waals surface area (Å²) in [5.74, 6) is 0.608. The van der Waals surface area contributed by atoms with Gasteiger partial charge >= 0.3 is 6.03 Å². The lowest BCUT2D eigenvalue weighted by Crippen LogP contribution is -2.46. The van der Waals surface area contributed by atoms with Crippen molar-refractivity contribution in [3.8, 4) is 0 Å². The number of aliphatic hydroxyl groups is 1. The molecule has 0 radical (unpaired) electrons. The molecule has 0 unspecified atom stereocenters. The molecule has 4 heteroatoms. The minimum atomic E-state index is -0.0897. The van der Waals surface area contributed by atoms with Crippen LogP contribution in [0.5, 0.6) is 0 Å². The highest BCUT2D eigenvalue weighted by Crippen LogP contribution is 2.47. The third-order valence-corrected chi connectivity index (χ3v) is 6.34. The molecule has 3 N–H and O–H groups in total. The zero-order valence-electron chi connectivity index (χ0n) is 13.8. The van der Waals surface area contributed by atoms with Crippen LogP contribution in [0.3, 0.4) is 0 Å². The number of carbonyl (C=O) groups is 1. The van der Waals surface area contributed by atoms with Crippen LogP contribution in [-0.2, 0) is 0 Å². The predicted octanol–water partition coefficient (Wildman–Crippen LogP) is 3.34. The third-order valence-electron chi connectivity index (χ3n) is 6.34. The van der Waals surface area contributed by atoms with Crippen molar-refractivity contribution in [3.05, 3.63) is 0 Å². The van der Waals surface area contributed by atoms with Gasteiger partial charge in [0.05, 0.1) is 6.10 Å². The maximum absolute atomic E-state index is 12.0. The van der Waals surface area contributed by atoms with Gasteiger partial charge in [0.25, 0.3) is 0 Å². The SMILES string of the molecule is O=C(NCCC1CC(O)C1)NC1CCC2(CCCCC2)CC1. The van der Waals surface area contributed by atoms with Crippen molar-refractivity contribution in [3.63, 3.8) is 0 Å². The molecule has 3 rings (SSSR count). The first-order valence-electron chi connectivity index (χ1n) is 9.38. The van der Waals surface area contributed by atoms with Gasteiger partial charge in [0.2, 0.25) is 0 Å². The molecule has 0 atom stereocenters. The smallest absolute Gasteiger partial charge is 0.315 e. The van der Waals surface area contributed by atoms with Gasteiger partial charge < -0.3 is 15.7 Å². The van der Waals surface area contributed by atoms with Crippen LogP contribution in [0.4, 0.5) is 4.79 Å². The summed E-state index contributed by atoms with van der Waals surface area (Å²) in [6, 6.07) is 0.377. The molecule has 3 saturated carbocycles. The average Bonchev–Trinajstić information content (AvgIpc) is 2.49. The van der Waals surface area contributed by atoms with E-state index in [2.05, 4.69) is 10.6 Å². The van der Waals surface area contributed by atoms with E-state index >= 15 is 0 Å². The van der Waals surface area contributed by atoms with Crippen LogP contribution in [0.1, 0.15) is 77.0 Å². The maximum atomic E-state index is 12.0. The molecule has 0 saturated heterocycles. The highest BCUT2D eigenvalue weighted by atomic mass is 16.3. The number of aliphatic hydroxyl groups excluding tert-OH is 1. The Morgan fingerprint density at radius 1 is 1.05 bits per heavy atom. The first-order chi connectivity index (χ1) is 10.7. The van der Waals surface area contributed by atoms with Crippen molar-refractivity contribution in [1.82, 2.24) is 10.6 Å². The van der Waals surface area contributed by atoms with Crippen LogP contribution in [-0.4, -0.2) is 29.8 Å². The molecule has 2 amide bonds. The molecule has 0 aliphatic heterocycles. The van der Waals surface area contributed by atoms with Gasteiger partial charge in [-0.1, -0.05) is 19.3 Å². The third kappa shape index (κ3) is 4.15. The standard InChI is InChI=1S/C18H32N2O2/c21-16-12-14(13-16)6-11-19-17(22)20-15-4-9-18(10-5-15)7-2-1-3-8-18/h14-16,21H,1-13H2,(H2,19,20,22). The van der Waals surface area contributed by atoms with Gasteiger partial charge in [-0.05, 0) is 69.1 Å². The van der Waals surface area contributed by atoms with Crippen molar-refractivity contribution in [2.75, 3.05) is 6.54 Å². The van der Waals surface area contributed by atoms with E-state index < -0.39 is 0 Å². The van der Waals surface area contributed by atoms with Crippen LogP contribution in [0.25, 0.3) is 0 Å². The lowest BCUT2D eigenvalue weighted by Gasteiger charge is -2.43. The second kappa shape index (κ2) is 7.20. The first-order valence-corrected chi connectivity index (χ1v) is 9.38. The number of hydrogen-bond donors (Lipinski definition) is 3. The molecule has 22 heavy (non-hydrogen) atoms. The Hall–Kier alpha value is -0.770. The zero-order chi connectivity index (χ0) is 15.4. The van der Waals surface area contributed by atoms with E-state index in [0.29, 0.717) is 17.4 Å². The van der Waals surface area contributed by atoms with Crippen molar-refractivity contribution in [2.45, 2.75) is 89.2 Å². The summed E-state index contributed by atoms with van der Waals surface area (Å²) < 4.78 is 0. The Morgan fingerprint density at radius 2 is 1.73 bits per heavy atom. The fourth-order valence-electron chi connectivity index (χ4n) is 4.74. The summed E-state index contributed by atoms with van der Waals surface area (Å²) in [4.78, 5) is 12.0. The van der Waals surface area contributed by atoms with Crippen molar-refractivity contribution in [1.29, 1.82) is 0 Å². The normalized spacial score (nSPS) is 31.5. The highest BCUT2D eigenvalue weighted by molar-refractivity contribution is 5.74. The summed E-state index contributed by atoms with van der Waals surface area (Å²) >= 11 is 0. The number of nitrogens with one attached hydrogen (secondary N) is 2. The molecule has 3 fully saturated rings. The Labute approximate surface area is 134 Å². The molecule has 4 nitrogen and oxygen atoms in total. The van der Waals surface area contributed by atoms with E-state index in [1.807, 2.05) is 0 Å². The molecule has 3 aliphatic carbocycles. The number of hydrogen-bond acceptors (Lipinski definition) is 2. The Morgan fingerprint density at radius 3 is 2.36 bits per heavy atom. The van der Waals surface area contributed by atoms with E-state index in [-0.39, 0.29) is 12.1 Å². The number of amides is 2. The highest BCUT2D eigenvalue weighted by Gasteiger charge is 2.36. The quantitative estimate of drug-likeness (QED) is 0.746. The van der Waals surface area contributed by atoms with Gasteiger partial charge in [0.1, 0.15) is 0 Å². The van der Waals surface area contributed by atoms with Crippen molar-refractivity contribution >= 4 is 6.03 Å². The maximum Gasteiger partial charge on any atom is 0.315 e. The Kier molecular flexibility index (Phi) is 5.27. The molecular formula is C18H32N2O2. The van der Waals surface area contributed by atoms with E-state index in [9.17, 15) is 9.90 Å². The summed E-state index contributed by atoms with van der Waals surface area (Å²) in [7, 11) is 0. The number of carbonyl (C=O) groups excluding carboxylic acids is 1. The van der Waals surface area contributed by atoms with Crippen LogP contribution in [0, 0.1) is 11.3 Å². The van der Waals surface area contributed by atoms with E-state index in [0.717, 1.165) is 38.6 Å². The molecule has 0 aromatic heterocycles. The summed E-state index contributed by atoms with van der Waals surface area (Å²) in [6.07, 6.45) is 14.7. The largest absolute Gasteiger partial charge is 0.393 e. The monoisotopic (exact) mass is 308 g/mol. The van der Waals surface area contributed by atoms with Crippen LogP contribution in [0.15, 0.2) is 0 Å². The number of urea groups is 1. The Bertz CT molecular complexity index is 363. The van der Waals surface area contributed by atoms with E-state index in [4.69, 9.17) is 0 Å². The van der Waals surface area contributed by atoms with Gasteiger partial charge in [0, 0.05) is 12.6 Å². The molecule has 0 aromatic carbocycles. The fraction of sp³-hybridized carbons (Fsp3) is 0.944. The Balaban J connectivity index is 1.29. The second-order valence-corrected chi connectivity index (χ2v) is 8.02. The van der Waals surface area contributed by atoms with Crippen molar-refractivity contribution < 1.29 is 9.90 Å². The van der Waals surface area contributed by atoms with Crippen LogP contribution >= 0.6 is 0 Å². The van der Waals surface area contributed by atoms with Gasteiger partial charge in [-0.2, -0.15) is 0 Å². The van der Waals surface area contributed by atoms with Gasteiger partial charge in [0.15, 0.2) is 0 Å². The minimum absolute atomic E-state index is 0.00414. The summed E-state index contributed by atoms with van der Waals surface area (Å²) in [5, 5.41) is 15.4. The summed E-state index contributed by atoms with van der Waals surface area (Å²) in [5.41, 5.74) is 0.623. The summed E-state index contributed by atoms with van der Waals surface area (Å²) in [6.45, 7) is 0.736. The van der Waals surface area contributed by atoms with E-state index in [1.54, 1.807) is 0 Å². The molecular weight excluding hydrogens is 276 g/mol. The topological polar surface area (TPSA) is 61.4 Å². The van der Waals surface area contributed by atoms with Crippen LogP contribution < -0.4 is 10.6 Å². The molecule has 0 heterocycles. The predicted molar refractivity (Wildman–Crippen MR) is 87.7 cm³/mol. The zero-order valence-corrected chi connectivity index (χ0v) is 13.8. The lowest BCUT2D eigenvalue weighted by atomic mass is 9.64. The van der Waals surface area contributed by atoms with Gasteiger partial charge in [-0.3, -0.25) is 0 Å². The number of rotatable bonds is 4. The molecule has 0 bridgehead atoms.